The molecule has 5 rings (SSSR count). The minimum absolute atomic E-state index is 0.0567. The number of fused-ring (bicyclic) bond motifs is 3. The number of nitrogens with two attached hydrogens (primary N) is 1. The molecule has 4 amide bonds. The van der Waals surface area contributed by atoms with Crippen LogP contribution in [-0.4, -0.2) is 67.8 Å². The summed E-state index contributed by atoms with van der Waals surface area (Å²) < 4.78 is 0. The number of amides is 4. The lowest BCUT2D eigenvalue weighted by Crippen LogP contribution is -2.47. The maximum absolute atomic E-state index is 13.5. The highest BCUT2D eigenvalue weighted by atomic mass is 16.2. The molecule has 2 fully saturated rings. The number of nitriles is 1. The second-order valence-corrected chi connectivity index (χ2v) is 10.8. The average molecular weight is 543 g/mol. The second-order valence-electron chi connectivity index (χ2n) is 10.8. The van der Waals surface area contributed by atoms with Crippen LogP contribution in [0.3, 0.4) is 0 Å². The van der Waals surface area contributed by atoms with E-state index in [4.69, 9.17) is 5.73 Å². The van der Waals surface area contributed by atoms with Crippen molar-refractivity contribution >= 4 is 23.6 Å². The summed E-state index contributed by atoms with van der Waals surface area (Å²) in [4.78, 5) is 53.0. The number of likely N-dealkylation sites (tertiary alicyclic amines) is 1. The minimum Gasteiger partial charge on any atom is -0.369 e. The van der Waals surface area contributed by atoms with Crippen LogP contribution in [-0.2, 0) is 27.8 Å². The van der Waals surface area contributed by atoms with Gasteiger partial charge in [0.1, 0.15) is 11.5 Å². The van der Waals surface area contributed by atoms with E-state index in [9.17, 15) is 24.4 Å². The number of hydrogen-bond donors (Lipinski definition) is 4. The van der Waals surface area contributed by atoms with E-state index in [2.05, 4.69) is 22.0 Å². The summed E-state index contributed by atoms with van der Waals surface area (Å²) in [6, 6.07) is 12.6. The molecule has 2 aromatic rings. The molecule has 0 unspecified atom stereocenters. The van der Waals surface area contributed by atoms with Crippen LogP contribution < -0.4 is 21.7 Å². The molecule has 208 valence electrons. The van der Waals surface area contributed by atoms with Gasteiger partial charge in [0.2, 0.25) is 11.8 Å². The Morgan fingerprint density at radius 1 is 0.975 bits per heavy atom. The summed E-state index contributed by atoms with van der Waals surface area (Å²) in [6.07, 6.45) is 3.07. The van der Waals surface area contributed by atoms with Crippen molar-refractivity contribution in [1.82, 2.24) is 20.9 Å². The van der Waals surface area contributed by atoms with Crippen molar-refractivity contribution in [3.05, 3.63) is 69.8 Å². The molecule has 2 aromatic carbocycles. The van der Waals surface area contributed by atoms with E-state index in [-0.39, 0.29) is 42.8 Å². The topological polar surface area (TPSA) is 157 Å². The zero-order valence-corrected chi connectivity index (χ0v) is 22.8. The normalized spacial score (nSPS) is 21.6. The van der Waals surface area contributed by atoms with Crippen molar-refractivity contribution < 1.29 is 19.2 Å². The summed E-state index contributed by atoms with van der Waals surface area (Å²) in [5.74, 6) is -0.684. The van der Waals surface area contributed by atoms with E-state index in [0.717, 1.165) is 35.1 Å². The number of benzene rings is 2. The molecule has 0 aromatic heterocycles. The van der Waals surface area contributed by atoms with Gasteiger partial charge in [0.15, 0.2) is 0 Å². The van der Waals surface area contributed by atoms with E-state index in [1.807, 2.05) is 0 Å². The smallest absolute Gasteiger partial charge is 0.251 e. The average Bonchev–Trinajstić information content (AvgIpc) is 3.66. The lowest BCUT2D eigenvalue weighted by atomic mass is 9.69. The largest absolute Gasteiger partial charge is 0.369 e. The summed E-state index contributed by atoms with van der Waals surface area (Å²) in [7, 11) is 3.13. The first-order valence-corrected chi connectivity index (χ1v) is 13.7. The first-order chi connectivity index (χ1) is 19.2. The SMILES string of the molecule is CNC(=O)c1ccc2c(c1)CCc1cc(C(=O)NC)ccc1C2(CCNCC(=O)N1[C@H](C#N)C[C@@H]2C[C@@H]21)C(N)=O. The Bertz CT molecular complexity index is 1360. The quantitative estimate of drug-likeness (QED) is 0.361. The predicted octanol–water partition coefficient (Wildman–Crippen LogP) is 0.768. The highest BCUT2D eigenvalue weighted by molar-refractivity contribution is 5.97. The number of rotatable bonds is 8. The Morgan fingerprint density at radius 3 is 2.05 bits per heavy atom. The predicted molar refractivity (Wildman–Crippen MR) is 147 cm³/mol. The Labute approximate surface area is 233 Å². The van der Waals surface area contributed by atoms with Gasteiger partial charge in [-0.05, 0) is 91.1 Å². The third kappa shape index (κ3) is 4.60. The van der Waals surface area contributed by atoms with Gasteiger partial charge in [-0.2, -0.15) is 5.26 Å². The van der Waals surface area contributed by atoms with Crippen molar-refractivity contribution in [3.63, 3.8) is 0 Å². The molecule has 5 N–H and O–H groups in total. The lowest BCUT2D eigenvalue weighted by Gasteiger charge is -2.34. The van der Waals surface area contributed by atoms with Crippen LogP contribution in [0.2, 0.25) is 0 Å². The van der Waals surface area contributed by atoms with E-state index >= 15 is 0 Å². The molecule has 0 bridgehead atoms. The van der Waals surface area contributed by atoms with Gasteiger partial charge in [-0.25, -0.2) is 0 Å². The fourth-order valence-electron chi connectivity index (χ4n) is 6.57. The maximum atomic E-state index is 13.5. The van der Waals surface area contributed by atoms with Crippen LogP contribution in [0.5, 0.6) is 0 Å². The standard InChI is InChI=1S/C30H34N6O4/c1-33-27(38)19-5-7-23-17(11-19)3-4-18-12-20(28(39)34-2)6-8-24(18)30(23,29(32)40)9-10-35-16-26(37)36-22(15-31)13-21-14-25(21)36/h5-8,11-12,21-22,25,35H,3-4,9-10,13-14,16H2,1-2H3,(H2,32,40)(H,33,38)(H,34,39)/t21-,22+,25+/m1/s1. The number of nitrogens with one attached hydrogen (secondary N) is 3. The molecule has 2 aliphatic carbocycles. The maximum Gasteiger partial charge on any atom is 0.251 e. The van der Waals surface area contributed by atoms with Gasteiger partial charge in [-0.1, -0.05) is 12.1 Å². The zero-order chi connectivity index (χ0) is 28.6. The van der Waals surface area contributed by atoms with E-state index in [1.54, 1.807) is 55.4 Å². The Balaban J connectivity index is 1.47. The summed E-state index contributed by atoms with van der Waals surface area (Å²) in [5.41, 5.74) is 9.04. The fourth-order valence-corrected chi connectivity index (χ4v) is 6.57. The molecule has 1 saturated carbocycles. The number of carbonyl (C=O) groups excluding carboxylic acids is 4. The number of hydrogen-bond acceptors (Lipinski definition) is 6. The van der Waals surface area contributed by atoms with Crippen LogP contribution in [0.4, 0.5) is 0 Å². The van der Waals surface area contributed by atoms with Crippen molar-refractivity contribution in [2.45, 2.75) is 49.6 Å². The van der Waals surface area contributed by atoms with Gasteiger partial charge in [0.25, 0.3) is 11.8 Å². The first kappa shape index (κ1) is 27.3. The van der Waals surface area contributed by atoms with E-state index in [0.29, 0.717) is 36.4 Å². The molecule has 10 nitrogen and oxygen atoms in total. The van der Waals surface area contributed by atoms with Crippen LogP contribution in [0, 0.1) is 17.2 Å². The molecule has 1 saturated heterocycles. The van der Waals surface area contributed by atoms with Crippen LogP contribution >= 0.6 is 0 Å². The van der Waals surface area contributed by atoms with Gasteiger partial charge in [0, 0.05) is 31.3 Å². The van der Waals surface area contributed by atoms with Gasteiger partial charge in [-0.3, -0.25) is 19.2 Å². The van der Waals surface area contributed by atoms with Gasteiger partial charge in [-0.15, -0.1) is 0 Å². The number of carbonyl (C=O) groups is 4. The first-order valence-electron chi connectivity index (χ1n) is 13.7. The molecule has 40 heavy (non-hydrogen) atoms. The van der Waals surface area contributed by atoms with Gasteiger partial charge in [0.05, 0.1) is 12.6 Å². The molecular formula is C30H34N6O4. The molecular weight excluding hydrogens is 508 g/mol. The Kier molecular flexibility index (Phi) is 7.34. The third-order valence-corrected chi connectivity index (χ3v) is 8.69. The molecule has 0 radical (unpaired) electrons. The lowest BCUT2D eigenvalue weighted by molar-refractivity contribution is -0.131. The van der Waals surface area contributed by atoms with Crippen LogP contribution in [0.1, 0.15) is 62.2 Å². The second kappa shape index (κ2) is 10.7. The highest BCUT2D eigenvalue weighted by Gasteiger charge is 2.54. The van der Waals surface area contributed by atoms with Crippen molar-refractivity contribution in [3.8, 4) is 6.07 Å². The number of nitrogens with zero attached hydrogens (tertiary/aromatic N) is 2. The molecule has 3 atom stereocenters. The molecule has 10 heteroatoms. The molecule has 1 aliphatic heterocycles. The molecule has 3 aliphatic rings. The fraction of sp³-hybridized carbons (Fsp3) is 0.433. The van der Waals surface area contributed by atoms with Crippen molar-refractivity contribution in [2.24, 2.45) is 11.7 Å². The third-order valence-electron chi connectivity index (χ3n) is 8.69. The molecule has 0 spiro atoms. The monoisotopic (exact) mass is 542 g/mol. The van der Waals surface area contributed by atoms with Gasteiger partial charge >= 0.3 is 0 Å². The zero-order valence-electron chi connectivity index (χ0n) is 22.8. The summed E-state index contributed by atoms with van der Waals surface area (Å²) in [6.45, 7) is 0.363. The number of aryl methyl sites for hydroxylation is 2. The molecule has 1 heterocycles. The van der Waals surface area contributed by atoms with E-state index in [1.165, 1.54) is 0 Å². The highest BCUT2D eigenvalue weighted by Crippen LogP contribution is 2.47. The Morgan fingerprint density at radius 2 is 1.55 bits per heavy atom. The van der Waals surface area contributed by atoms with Crippen molar-refractivity contribution in [2.75, 3.05) is 27.2 Å². The van der Waals surface area contributed by atoms with Crippen molar-refractivity contribution in [1.29, 1.82) is 5.26 Å². The Hall–Kier alpha value is -4.23. The summed E-state index contributed by atoms with van der Waals surface area (Å²) in [5, 5.41) is 17.9. The number of piperidine rings is 1. The summed E-state index contributed by atoms with van der Waals surface area (Å²) >= 11 is 0. The minimum atomic E-state index is -1.25. The van der Waals surface area contributed by atoms with E-state index < -0.39 is 11.3 Å². The van der Waals surface area contributed by atoms with Gasteiger partial charge < -0.3 is 26.6 Å². The van der Waals surface area contributed by atoms with Crippen LogP contribution in [0.15, 0.2) is 36.4 Å². The van der Waals surface area contributed by atoms with Crippen LogP contribution in [0.25, 0.3) is 0 Å². The number of primary amides is 1.